The summed E-state index contributed by atoms with van der Waals surface area (Å²) in [7, 11) is 0. The molecule has 1 aliphatic rings. The van der Waals surface area contributed by atoms with Gasteiger partial charge in [0.25, 0.3) is 11.8 Å². The van der Waals surface area contributed by atoms with Gasteiger partial charge in [-0.2, -0.15) is 0 Å². The van der Waals surface area contributed by atoms with Gasteiger partial charge in [0.1, 0.15) is 0 Å². The van der Waals surface area contributed by atoms with Crippen molar-refractivity contribution >= 4 is 29.1 Å². The van der Waals surface area contributed by atoms with Gasteiger partial charge in [0, 0.05) is 41.6 Å². The quantitative estimate of drug-likeness (QED) is 0.634. The number of ether oxygens (including phenoxy) is 1. The van der Waals surface area contributed by atoms with Gasteiger partial charge in [-0.1, -0.05) is 0 Å². The zero-order chi connectivity index (χ0) is 22.2. The molecule has 0 bridgehead atoms. The number of nitrogens with zero attached hydrogens (tertiary/aromatic N) is 1. The van der Waals surface area contributed by atoms with Crippen LogP contribution in [0.3, 0.4) is 0 Å². The second-order valence-electron chi connectivity index (χ2n) is 7.59. The van der Waals surface area contributed by atoms with Crippen LogP contribution in [-0.4, -0.2) is 61.5 Å². The maximum absolute atomic E-state index is 12.5. The summed E-state index contributed by atoms with van der Waals surface area (Å²) in [5.74, 6) is -0.378. The Balaban J connectivity index is 1.47. The molecule has 1 aliphatic heterocycles. The molecule has 2 aromatic carbocycles. The highest BCUT2D eigenvalue weighted by molar-refractivity contribution is 5.97. The Hall–Kier alpha value is -3.39. The maximum atomic E-state index is 12.5. The van der Waals surface area contributed by atoms with E-state index in [1.165, 1.54) is 0 Å². The highest BCUT2D eigenvalue weighted by Crippen LogP contribution is 2.13. The molecule has 0 radical (unpaired) electrons. The summed E-state index contributed by atoms with van der Waals surface area (Å²) in [6.07, 6.45) is 0. The third kappa shape index (κ3) is 6.55. The van der Waals surface area contributed by atoms with E-state index in [0.29, 0.717) is 43.1 Å². The van der Waals surface area contributed by atoms with E-state index in [-0.39, 0.29) is 30.3 Å². The normalized spacial score (nSPS) is 13.6. The molecule has 1 fully saturated rings. The van der Waals surface area contributed by atoms with Crippen LogP contribution in [0, 0.1) is 0 Å². The Morgan fingerprint density at radius 2 is 1.48 bits per heavy atom. The first-order chi connectivity index (χ1) is 14.9. The number of benzene rings is 2. The highest BCUT2D eigenvalue weighted by Gasteiger charge is 2.18. The van der Waals surface area contributed by atoms with Gasteiger partial charge >= 0.3 is 0 Å². The first-order valence-corrected chi connectivity index (χ1v) is 10.3. The van der Waals surface area contributed by atoms with Gasteiger partial charge in [-0.3, -0.25) is 14.4 Å². The number of rotatable bonds is 7. The van der Waals surface area contributed by atoms with E-state index < -0.39 is 0 Å². The molecule has 3 amide bonds. The topological polar surface area (TPSA) is 99.8 Å². The molecule has 0 spiro atoms. The Morgan fingerprint density at radius 3 is 2.10 bits per heavy atom. The van der Waals surface area contributed by atoms with Gasteiger partial charge in [-0.25, -0.2) is 0 Å². The van der Waals surface area contributed by atoms with Crippen molar-refractivity contribution in [1.29, 1.82) is 0 Å². The van der Waals surface area contributed by atoms with E-state index in [9.17, 15) is 14.4 Å². The average molecular weight is 425 g/mol. The number of carbonyl (C=O) groups excluding carboxylic acids is 3. The largest absolute Gasteiger partial charge is 0.378 e. The third-order valence-corrected chi connectivity index (χ3v) is 4.73. The summed E-state index contributed by atoms with van der Waals surface area (Å²) in [6, 6.07) is 13.9. The summed E-state index contributed by atoms with van der Waals surface area (Å²) >= 11 is 0. The second kappa shape index (κ2) is 10.6. The number of morpholine rings is 1. The highest BCUT2D eigenvalue weighted by atomic mass is 16.5. The second-order valence-corrected chi connectivity index (χ2v) is 7.59. The van der Waals surface area contributed by atoms with Crippen LogP contribution in [0.4, 0.5) is 11.4 Å². The number of hydrogen-bond donors (Lipinski definition) is 3. The van der Waals surface area contributed by atoms with Gasteiger partial charge in [0.05, 0.1) is 19.8 Å². The van der Waals surface area contributed by atoms with Crippen molar-refractivity contribution in [3.05, 3.63) is 59.7 Å². The zero-order valence-corrected chi connectivity index (χ0v) is 17.8. The van der Waals surface area contributed by atoms with Crippen LogP contribution in [-0.2, 0) is 9.53 Å². The molecule has 1 saturated heterocycles. The van der Waals surface area contributed by atoms with Crippen LogP contribution in [0.5, 0.6) is 0 Å². The van der Waals surface area contributed by atoms with E-state index in [1.807, 2.05) is 13.8 Å². The minimum Gasteiger partial charge on any atom is -0.378 e. The molecule has 3 N–H and O–H groups in total. The lowest BCUT2D eigenvalue weighted by atomic mass is 10.1. The van der Waals surface area contributed by atoms with Crippen molar-refractivity contribution in [1.82, 2.24) is 10.2 Å². The van der Waals surface area contributed by atoms with Crippen molar-refractivity contribution in [3.8, 4) is 0 Å². The molecular formula is C23H28N4O4. The van der Waals surface area contributed by atoms with Crippen molar-refractivity contribution in [2.24, 2.45) is 0 Å². The minimum atomic E-state index is -0.214. The van der Waals surface area contributed by atoms with Crippen molar-refractivity contribution in [2.45, 2.75) is 19.9 Å². The van der Waals surface area contributed by atoms with Crippen LogP contribution in [0.15, 0.2) is 48.5 Å². The molecule has 0 atom stereocenters. The predicted molar refractivity (Wildman–Crippen MR) is 119 cm³/mol. The third-order valence-electron chi connectivity index (χ3n) is 4.73. The molecule has 8 nitrogen and oxygen atoms in total. The molecular weight excluding hydrogens is 396 g/mol. The Bertz CT molecular complexity index is 904. The van der Waals surface area contributed by atoms with E-state index in [2.05, 4.69) is 16.0 Å². The molecule has 1 heterocycles. The SMILES string of the molecule is CC(C)NC(=O)c1ccc(NCC(=O)Nc2ccc(C(=O)N3CCOCC3)cc2)cc1. The van der Waals surface area contributed by atoms with E-state index in [0.717, 1.165) is 5.69 Å². The monoisotopic (exact) mass is 424 g/mol. The summed E-state index contributed by atoms with van der Waals surface area (Å²) in [4.78, 5) is 38.4. The van der Waals surface area contributed by atoms with Crippen molar-refractivity contribution in [3.63, 3.8) is 0 Å². The van der Waals surface area contributed by atoms with Crippen LogP contribution in [0.2, 0.25) is 0 Å². The number of nitrogens with one attached hydrogen (secondary N) is 3. The lowest BCUT2D eigenvalue weighted by Crippen LogP contribution is -2.40. The molecule has 0 aliphatic carbocycles. The summed E-state index contributed by atoms with van der Waals surface area (Å²) in [5, 5.41) is 8.66. The van der Waals surface area contributed by atoms with Gasteiger partial charge < -0.3 is 25.6 Å². The standard InChI is InChI=1S/C23H28N4O4/c1-16(2)25-22(29)17-3-7-19(8-4-17)24-15-21(28)26-20-9-5-18(6-10-20)23(30)27-11-13-31-14-12-27/h3-10,16,24H,11-15H2,1-2H3,(H,25,29)(H,26,28). The van der Waals surface area contributed by atoms with E-state index in [1.54, 1.807) is 53.4 Å². The molecule has 0 unspecified atom stereocenters. The van der Waals surface area contributed by atoms with Gasteiger partial charge in [0.2, 0.25) is 5.91 Å². The van der Waals surface area contributed by atoms with E-state index >= 15 is 0 Å². The van der Waals surface area contributed by atoms with Crippen molar-refractivity contribution in [2.75, 3.05) is 43.5 Å². The Morgan fingerprint density at radius 1 is 0.903 bits per heavy atom. The smallest absolute Gasteiger partial charge is 0.254 e. The fourth-order valence-corrected chi connectivity index (χ4v) is 3.12. The fraction of sp³-hybridized carbons (Fsp3) is 0.348. The maximum Gasteiger partial charge on any atom is 0.254 e. The molecule has 0 aromatic heterocycles. The fourth-order valence-electron chi connectivity index (χ4n) is 3.12. The Labute approximate surface area is 182 Å². The summed E-state index contributed by atoms with van der Waals surface area (Å²) in [5.41, 5.74) is 2.50. The first-order valence-electron chi connectivity index (χ1n) is 10.3. The molecule has 0 saturated carbocycles. The first kappa shape index (κ1) is 22.3. The van der Waals surface area contributed by atoms with Crippen LogP contribution >= 0.6 is 0 Å². The number of anilines is 2. The Kier molecular flexibility index (Phi) is 7.61. The summed E-state index contributed by atoms with van der Waals surface area (Å²) in [6.45, 7) is 6.18. The average Bonchev–Trinajstić information content (AvgIpc) is 2.78. The number of carbonyl (C=O) groups is 3. The number of amides is 3. The van der Waals surface area contributed by atoms with Gasteiger partial charge in [-0.15, -0.1) is 0 Å². The van der Waals surface area contributed by atoms with Crippen LogP contribution in [0.25, 0.3) is 0 Å². The van der Waals surface area contributed by atoms with Gasteiger partial charge in [0.15, 0.2) is 0 Å². The molecule has 8 heteroatoms. The molecule has 31 heavy (non-hydrogen) atoms. The predicted octanol–water partition coefficient (Wildman–Crippen LogP) is 2.35. The summed E-state index contributed by atoms with van der Waals surface area (Å²) < 4.78 is 5.27. The lowest BCUT2D eigenvalue weighted by molar-refractivity contribution is -0.114. The van der Waals surface area contributed by atoms with Crippen LogP contribution < -0.4 is 16.0 Å². The van der Waals surface area contributed by atoms with Gasteiger partial charge in [-0.05, 0) is 62.4 Å². The molecule has 3 rings (SSSR count). The lowest BCUT2D eigenvalue weighted by Gasteiger charge is -2.26. The minimum absolute atomic E-state index is 0.0339. The zero-order valence-electron chi connectivity index (χ0n) is 17.8. The molecule has 2 aromatic rings. The van der Waals surface area contributed by atoms with Crippen LogP contribution in [0.1, 0.15) is 34.6 Å². The molecule has 164 valence electrons. The number of hydrogen-bond acceptors (Lipinski definition) is 5. The van der Waals surface area contributed by atoms with Crippen molar-refractivity contribution < 1.29 is 19.1 Å². The van der Waals surface area contributed by atoms with E-state index in [4.69, 9.17) is 4.74 Å².